The van der Waals surface area contributed by atoms with Gasteiger partial charge in [0.2, 0.25) is 0 Å². The highest BCUT2D eigenvalue weighted by atomic mass is 15.3. The molecule has 0 aromatic carbocycles. The fourth-order valence-corrected chi connectivity index (χ4v) is 2.84. The van der Waals surface area contributed by atoms with E-state index in [-0.39, 0.29) is 0 Å². The molecular formula is C13H28N4. The molecule has 2 heterocycles. The van der Waals surface area contributed by atoms with Crippen molar-refractivity contribution in [2.24, 2.45) is 5.73 Å². The molecule has 0 atom stereocenters. The lowest BCUT2D eigenvalue weighted by Crippen LogP contribution is -2.48. The van der Waals surface area contributed by atoms with Gasteiger partial charge in [-0.3, -0.25) is 4.90 Å². The first-order valence-electron chi connectivity index (χ1n) is 7.25. The Labute approximate surface area is 106 Å². The topological polar surface area (TPSA) is 35.7 Å². The van der Waals surface area contributed by atoms with Crippen LogP contribution < -0.4 is 5.73 Å². The second-order valence-electron chi connectivity index (χ2n) is 5.37. The fraction of sp³-hybridized carbons (Fsp3) is 1.00. The summed E-state index contributed by atoms with van der Waals surface area (Å²) in [7, 11) is 0. The van der Waals surface area contributed by atoms with Crippen molar-refractivity contribution in [3.05, 3.63) is 0 Å². The first kappa shape index (κ1) is 13.3. The van der Waals surface area contributed by atoms with Crippen LogP contribution in [0.3, 0.4) is 0 Å². The summed E-state index contributed by atoms with van der Waals surface area (Å²) in [5.74, 6) is 0. The van der Waals surface area contributed by atoms with E-state index in [0.717, 1.165) is 13.0 Å². The van der Waals surface area contributed by atoms with Crippen molar-refractivity contribution in [2.75, 3.05) is 65.4 Å². The molecule has 0 radical (unpaired) electrons. The quantitative estimate of drug-likeness (QED) is 0.711. The van der Waals surface area contributed by atoms with Crippen LogP contribution in [0.1, 0.15) is 19.3 Å². The normalized spacial score (nSPS) is 24.5. The van der Waals surface area contributed by atoms with E-state index in [2.05, 4.69) is 14.7 Å². The van der Waals surface area contributed by atoms with E-state index in [1.54, 1.807) is 0 Å². The molecule has 4 heteroatoms. The zero-order valence-electron chi connectivity index (χ0n) is 11.1. The molecule has 0 spiro atoms. The Morgan fingerprint density at radius 2 is 1.12 bits per heavy atom. The van der Waals surface area contributed by atoms with Crippen LogP contribution in [0.2, 0.25) is 0 Å². The molecule has 17 heavy (non-hydrogen) atoms. The van der Waals surface area contributed by atoms with Crippen molar-refractivity contribution >= 4 is 0 Å². The number of hydrogen-bond donors (Lipinski definition) is 1. The van der Waals surface area contributed by atoms with Crippen molar-refractivity contribution in [3.8, 4) is 0 Å². The summed E-state index contributed by atoms with van der Waals surface area (Å²) >= 11 is 0. The molecule has 0 amide bonds. The van der Waals surface area contributed by atoms with Crippen LogP contribution in [0.5, 0.6) is 0 Å². The summed E-state index contributed by atoms with van der Waals surface area (Å²) in [5.41, 5.74) is 5.55. The van der Waals surface area contributed by atoms with Crippen LogP contribution in [0.25, 0.3) is 0 Å². The monoisotopic (exact) mass is 240 g/mol. The highest BCUT2D eigenvalue weighted by Crippen LogP contribution is 2.08. The molecule has 2 aliphatic rings. The fourth-order valence-electron chi connectivity index (χ4n) is 2.84. The number of hydrogen-bond acceptors (Lipinski definition) is 4. The molecule has 100 valence electrons. The Morgan fingerprint density at radius 1 is 0.647 bits per heavy atom. The standard InChI is InChI=1S/C13H28N4/c14-4-3-7-16-9-12-17(13-10-16)11-8-15-5-1-2-6-15/h1-14H2. The largest absolute Gasteiger partial charge is 0.330 e. The summed E-state index contributed by atoms with van der Waals surface area (Å²) in [6, 6.07) is 0. The maximum Gasteiger partial charge on any atom is 0.0110 e. The minimum absolute atomic E-state index is 0.829. The van der Waals surface area contributed by atoms with E-state index in [1.165, 1.54) is 71.7 Å². The lowest BCUT2D eigenvalue weighted by molar-refractivity contribution is 0.122. The third-order valence-electron chi connectivity index (χ3n) is 4.07. The molecule has 4 nitrogen and oxygen atoms in total. The van der Waals surface area contributed by atoms with Crippen LogP contribution in [0, 0.1) is 0 Å². The van der Waals surface area contributed by atoms with Crippen molar-refractivity contribution in [3.63, 3.8) is 0 Å². The van der Waals surface area contributed by atoms with Crippen molar-refractivity contribution in [1.29, 1.82) is 0 Å². The molecule has 2 N–H and O–H groups in total. The summed E-state index contributed by atoms with van der Waals surface area (Å²) in [5, 5.41) is 0. The minimum Gasteiger partial charge on any atom is -0.330 e. The number of nitrogens with two attached hydrogens (primary N) is 1. The van der Waals surface area contributed by atoms with E-state index in [4.69, 9.17) is 5.73 Å². The summed E-state index contributed by atoms with van der Waals surface area (Å²) in [6.45, 7) is 12.2. The van der Waals surface area contributed by atoms with E-state index in [9.17, 15) is 0 Å². The van der Waals surface area contributed by atoms with Crippen molar-refractivity contribution < 1.29 is 0 Å². The average Bonchev–Trinajstić information content (AvgIpc) is 2.88. The lowest BCUT2D eigenvalue weighted by atomic mass is 10.3. The molecule has 0 unspecified atom stereocenters. The zero-order valence-corrected chi connectivity index (χ0v) is 11.1. The molecule has 0 aromatic rings. The maximum atomic E-state index is 5.55. The van der Waals surface area contributed by atoms with Crippen molar-refractivity contribution in [2.45, 2.75) is 19.3 Å². The molecule has 2 rings (SSSR count). The second kappa shape index (κ2) is 7.31. The molecule has 0 aliphatic carbocycles. The Bertz CT molecular complexity index is 196. The molecule has 0 bridgehead atoms. The Hall–Kier alpha value is -0.160. The van der Waals surface area contributed by atoms with E-state index in [1.807, 2.05) is 0 Å². The van der Waals surface area contributed by atoms with Gasteiger partial charge >= 0.3 is 0 Å². The molecule has 0 aromatic heterocycles. The van der Waals surface area contributed by atoms with Gasteiger partial charge in [-0.1, -0.05) is 0 Å². The highest BCUT2D eigenvalue weighted by Gasteiger charge is 2.17. The lowest BCUT2D eigenvalue weighted by Gasteiger charge is -2.35. The van der Waals surface area contributed by atoms with Gasteiger partial charge in [0.15, 0.2) is 0 Å². The molecule has 2 saturated heterocycles. The van der Waals surface area contributed by atoms with Crippen LogP contribution in [-0.4, -0.2) is 80.1 Å². The predicted molar refractivity (Wildman–Crippen MR) is 72.2 cm³/mol. The molecule has 2 fully saturated rings. The number of nitrogens with zero attached hydrogens (tertiary/aromatic N) is 3. The van der Waals surface area contributed by atoms with Crippen LogP contribution in [-0.2, 0) is 0 Å². The predicted octanol–water partition coefficient (Wildman–Crippen LogP) is 0.0486. The molecular weight excluding hydrogens is 212 g/mol. The Balaban J connectivity index is 1.55. The smallest absolute Gasteiger partial charge is 0.0110 e. The number of rotatable bonds is 6. The summed E-state index contributed by atoms with van der Waals surface area (Å²) in [6.07, 6.45) is 3.97. The van der Waals surface area contributed by atoms with Gasteiger partial charge in [0.05, 0.1) is 0 Å². The maximum absolute atomic E-state index is 5.55. The van der Waals surface area contributed by atoms with E-state index < -0.39 is 0 Å². The summed E-state index contributed by atoms with van der Waals surface area (Å²) in [4.78, 5) is 7.79. The molecule has 0 saturated carbocycles. The summed E-state index contributed by atoms with van der Waals surface area (Å²) < 4.78 is 0. The highest BCUT2D eigenvalue weighted by molar-refractivity contribution is 4.74. The third kappa shape index (κ3) is 4.54. The number of likely N-dealkylation sites (tertiary alicyclic amines) is 1. The average molecular weight is 240 g/mol. The van der Waals surface area contributed by atoms with Gasteiger partial charge in [0.1, 0.15) is 0 Å². The first-order valence-corrected chi connectivity index (χ1v) is 7.25. The van der Waals surface area contributed by atoms with Gasteiger partial charge in [0, 0.05) is 39.3 Å². The van der Waals surface area contributed by atoms with Gasteiger partial charge < -0.3 is 15.5 Å². The molecule has 2 aliphatic heterocycles. The number of piperazine rings is 1. The SMILES string of the molecule is NCCCN1CCN(CCN2CCCC2)CC1. The van der Waals surface area contributed by atoms with Crippen LogP contribution in [0.4, 0.5) is 0 Å². The van der Waals surface area contributed by atoms with Gasteiger partial charge in [-0.25, -0.2) is 0 Å². The van der Waals surface area contributed by atoms with Crippen LogP contribution in [0.15, 0.2) is 0 Å². The van der Waals surface area contributed by atoms with Gasteiger partial charge in [-0.05, 0) is 45.4 Å². The first-order chi connectivity index (χ1) is 8.38. The Morgan fingerprint density at radius 3 is 1.65 bits per heavy atom. The van der Waals surface area contributed by atoms with Gasteiger partial charge in [0.25, 0.3) is 0 Å². The van der Waals surface area contributed by atoms with E-state index in [0.29, 0.717) is 0 Å². The zero-order chi connectivity index (χ0) is 11.9. The second-order valence-corrected chi connectivity index (χ2v) is 5.37. The Kier molecular flexibility index (Phi) is 5.71. The van der Waals surface area contributed by atoms with E-state index >= 15 is 0 Å². The van der Waals surface area contributed by atoms with Crippen LogP contribution >= 0.6 is 0 Å². The van der Waals surface area contributed by atoms with Gasteiger partial charge in [-0.15, -0.1) is 0 Å². The van der Waals surface area contributed by atoms with Gasteiger partial charge in [-0.2, -0.15) is 0 Å². The minimum atomic E-state index is 0.829. The van der Waals surface area contributed by atoms with Crippen molar-refractivity contribution in [1.82, 2.24) is 14.7 Å². The third-order valence-corrected chi connectivity index (χ3v) is 4.07.